The summed E-state index contributed by atoms with van der Waals surface area (Å²) in [4.78, 5) is 12.2. The molecule has 1 aromatic heterocycles. The molecule has 0 aliphatic heterocycles. The van der Waals surface area contributed by atoms with E-state index in [1.807, 2.05) is 59.3 Å². The monoisotopic (exact) mass is 362 g/mol. The molecule has 5 heteroatoms. The number of fused-ring (bicyclic) bond motifs is 1. The fourth-order valence-electron chi connectivity index (χ4n) is 2.22. The van der Waals surface area contributed by atoms with E-state index in [9.17, 15) is 4.79 Å². The molecule has 0 saturated carbocycles. The van der Waals surface area contributed by atoms with Gasteiger partial charge in [0.15, 0.2) is 0 Å². The fraction of sp³-hybridized carbons (Fsp3) is 0.0625. The maximum Gasteiger partial charge on any atom is 0.244 e. The Hall–Kier alpha value is -1.78. The predicted octanol–water partition coefficient (Wildman–Crippen LogP) is 4.70. The summed E-state index contributed by atoms with van der Waals surface area (Å²) in [6, 6.07) is 15.1. The van der Waals surface area contributed by atoms with E-state index in [-0.39, 0.29) is 12.5 Å². The smallest absolute Gasteiger partial charge is 0.244 e. The third-order valence-corrected chi connectivity index (χ3v) is 4.12. The zero-order chi connectivity index (χ0) is 14.8. The van der Waals surface area contributed by atoms with Gasteiger partial charge in [-0.1, -0.05) is 23.7 Å². The van der Waals surface area contributed by atoms with Crippen LogP contribution in [-0.4, -0.2) is 10.5 Å². The van der Waals surface area contributed by atoms with Crippen LogP contribution in [0.25, 0.3) is 10.9 Å². The van der Waals surface area contributed by atoms with Crippen LogP contribution < -0.4 is 5.32 Å². The fourth-order valence-corrected chi connectivity index (χ4v) is 2.78. The first-order valence-corrected chi connectivity index (χ1v) is 7.59. The van der Waals surface area contributed by atoms with Crippen LogP contribution in [0.2, 0.25) is 5.02 Å². The highest BCUT2D eigenvalue weighted by atomic mass is 79.9. The third-order valence-electron chi connectivity index (χ3n) is 3.19. The van der Waals surface area contributed by atoms with Crippen LogP contribution in [0.1, 0.15) is 0 Å². The number of carbonyl (C=O) groups excluding carboxylic acids is 1. The maximum absolute atomic E-state index is 12.2. The van der Waals surface area contributed by atoms with Crippen LogP contribution in [-0.2, 0) is 11.3 Å². The largest absolute Gasteiger partial charge is 0.338 e. The second kappa shape index (κ2) is 5.92. The Morgan fingerprint density at radius 2 is 2.00 bits per heavy atom. The van der Waals surface area contributed by atoms with Crippen molar-refractivity contribution in [3.05, 3.63) is 64.2 Å². The topological polar surface area (TPSA) is 34.0 Å². The zero-order valence-electron chi connectivity index (χ0n) is 11.0. The lowest BCUT2D eigenvalue weighted by Gasteiger charge is -2.09. The molecule has 0 radical (unpaired) electrons. The molecule has 2 aromatic carbocycles. The number of anilines is 1. The summed E-state index contributed by atoms with van der Waals surface area (Å²) in [7, 11) is 0. The Bertz CT molecular complexity index is 813. The minimum atomic E-state index is -0.0747. The number of aromatic nitrogens is 1. The number of amides is 1. The first-order valence-electron chi connectivity index (χ1n) is 6.42. The van der Waals surface area contributed by atoms with E-state index < -0.39 is 0 Å². The SMILES string of the molecule is O=C(Cn1ccc2cc(Cl)ccc21)Nc1ccccc1Br. The van der Waals surface area contributed by atoms with Crippen molar-refractivity contribution in [1.29, 1.82) is 0 Å². The van der Waals surface area contributed by atoms with Crippen molar-refractivity contribution in [2.75, 3.05) is 5.32 Å². The Morgan fingerprint density at radius 1 is 1.19 bits per heavy atom. The van der Waals surface area contributed by atoms with Gasteiger partial charge in [-0.2, -0.15) is 0 Å². The average molecular weight is 364 g/mol. The molecule has 0 spiro atoms. The van der Waals surface area contributed by atoms with E-state index in [1.54, 1.807) is 0 Å². The molecule has 0 aliphatic carbocycles. The van der Waals surface area contributed by atoms with Gasteiger partial charge in [-0.25, -0.2) is 0 Å². The van der Waals surface area contributed by atoms with Gasteiger partial charge in [0.2, 0.25) is 5.91 Å². The normalized spacial score (nSPS) is 10.8. The maximum atomic E-state index is 12.2. The van der Waals surface area contributed by atoms with Crippen molar-refractivity contribution in [2.45, 2.75) is 6.54 Å². The highest BCUT2D eigenvalue weighted by Gasteiger charge is 2.08. The lowest BCUT2D eigenvalue weighted by atomic mass is 10.2. The van der Waals surface area contributed by atoms with E-state index in [0.29, 0.717) is 5.02 Å². The Morgan fingerprint density at radius 3 is 2.81 bits per heavy atom. The number of para-hydroxylation sites is 1. The molecule has 0 saturated heterocycles. The quantitative estimate of drug-likeness (QED) is 0.719. The molecule has 3 rings (SSSR count). The Labute approximate surface area is 135 Å². The number of benzene rings is 2. The van der Waals surface area contributed by atoms with Crippen LogP contribution in [0.15, 0.2) is 59.2 Å². The van der Waals surface area contributed by atoms with Gasteiger partial charge in [-0.15, -0.1) is 0 Å². The van der Waals surface area contributed by atoms with Crippen LogP contribution in [0.3, 0.4) is 0 Å². The molecule has 3 nitrogen and oxygen atoms in total. The average Bonchev–Trinajstić information content (AvgIpc) is 2.83. The van der Waals surface area contributed by atoms with Gasteiger partial charge in [0.25, 0.3) is 0 Å². The summed E-state index contributed by atoms with van der Waals surface area (Å²) in [5, 5.41) is 4.61. The lowest BCUT2D eigenvalue weighted by Crippen LogP contribution is -2.18. The number of rotatable bonds is 3. The number of hydrogen-bond acceptors (Lipinski definition) is 1. The van der Waals surface area contributed by atoms with Crippen LogP contribution in [0.4, 0.5) is 5.69 Å². The number of nitrogens with one attached hydrogen (secondary N) is 1. The van der Waals surface area contributed by atoms with Crippen LogP contribution in [0, 0.1) is 0 Å². The van der Waals surface area contributed by atoms with E-state index in [2.05, 4.69) is 21.2 Å². The van der Waals surface area contributed by atoms with Crippen molar-refractivity contribution in [2.24, 2.45) is 0 Å². The summed E-state index contributed by atoms with van der Waals surface area (Å²) in [5.74, 6) is -0.0747. The van der Waals surface area contributed by atoms with Gasteiger partial charge < -0.3 is 9.88 Å². The summed E-state index contributed by atoms with van der Waals surface area (Å²) < 4.78 is 2.76. The van der Waals surface area contributed by atoms with Crippen LogP contribution in [0.5, 0.6) is 0 Å². The number of hydrogen-bond donors (Lipinski definition) is 1. The molecule has 0 atom stereocenters. The third kappa shape index (κ3) is 3.12. The number of halogens is 2. The summed E-state index contributed by atoms with van der Waals surface area (Å²) >= 11 is 9.38. The highest BCUT2D eigenvalue weighted by Crippen LogP contribution is 2.22. The van der Waals surface area contributed by atoms with E-state index in [4.69, 9.17) is 11.6 Å². The number of carbonyl (C=O) groups is 1. The highest BCUT2D eigenvalue weighted by molar-refractivity contribution is 9.10. The van der Waals surface area contributed by atoms with Gasteiger partial charge in [-0.05, 0) is 52.3 Å². The van der Waals surface area contributed by atoms with Gasteiger partial charge in [0.1, 0.15) is 6.54 Å². The molecular weight excluding hydrogens is 352 g/mol. The molecule has 1 heterocycles. The molecule has 0 bridgehead atoms. The Kier molecular flexibility index (Phi) is 3.99. The van der Waals surface area contributed by atoms with E-state index in [0.717, 1.165) is 21.1 Å². The first-order chi connectivity index (χ1) is 10.1. The van der Waals surface area contributed by atoms with Crippen LogP contribution >= 0.6 is 27.5 Å². The summed E-state index contributed by atoms with van der Waals surface area (Å²) in [5.41, 5.74) is 1.75. The molecule has 0 fully saturated rings. The van der Waals surface area contributed by atoms with E-state index in [1.165, 1.54) is 0 Å². The van der Waals surface area contributed by atoms with Crippen molar-refractivity contribution >= 4 is 50.0 Å². The van der Waals surface area contributed by atoms with Gasteiger partial charge in [-0.3, -0.25) is 4.79 Å². The second-order valence-electron chi connectivity index (χ2n) is 4.67. The molecule has 0 unspecified atom stereocenters. The number of nitrogens with zero attached hydrogens (tertiary/aromatic N) is 1. The lowest BCUT2D eigenvalue weighted by molar-refractivity contribution is -0.116. The molecule has 106 valence electrons. The standard InChI is InChI=1S/C16H12BrClN2O/c17-13-3-1-2-4-14(13)19-16(21)10-20-8-7-11-9-12(18)5-6-15(11)20/h1-9H,10H2,(H,19,21). The van der Waals surface area contributed by atoms with E-state index >= 15 is 0 Å². The Balaban J connectivity index is 1.79. The van der Waals surface area contributed by atoms with Crippen molar-refractivity contribution < 1.29 is 4.79 Å². The van der Waals surface area contributed by atoms with Gasteiger partial charge in [0, 0.05) is 26.6 Å². The van der Waals surface area contributed by atoms with Crippen molar-refractivity contribution in [3.8, 4) is 0 Å². The predicted molar refractivity (Wildman–Crippen MR) is 89.7 cm³/mol. The molecule has 3 aromatic rings. The molecule has 1 amide bonds. The zero-order valence-corrected chi connectivity index (χ0v) is 13.4. The summed E-state index contributed by atoms with van der Waals surface area (Å²) in [6.45, 7) is 0.256. The summed E-state index contributed by atoms with van der Waals surface area (Å²) in [6.07, 6.45) is 1.89. The molecule has 1 N–H and O–H groups in total. The van der Waals surface area contributed by atoms with Gasteiger partial charge in [0.05, 0.1) is 5.69 Å². The minimum Gasteiger partial charge on any atom is -0.338 e. The van der Waals surface area contributed by atoms with Crippen molar-refractivity contribution in [1.82, 2.24) is 4.57 Å². The molecule has 0 aliphatic rings. The van der Waals surface area contributed by atoms with Gasteiger partial charge >= 0.3 is 0 Å². The molecular formula is C16H12BrClN2O. The minimum absolute atomic E-state index is 0.0747. The second-order valence-corrected chi connectivity index (χ2v) is 5.97. The molecule has 21 heavy (non-hydrogen) atoms. The first kappa shape index (κ1) is 14.2. The van der Waals surface area contributed by atoms with Crippen molar-refractivity contribution in [3.63, 3.8) is 0 Å².